The van der Waals surface area contributed by atoms with Gasteiger partial charge in [-0.25, -0.2) is 0 Å². The molecule has 1 atom stereocenters. The van der Waals surface area contributed by atoms with Crippen molar-refractivity contribution in [3.63, 3.8) is 0 Å². The standard InChI is InChI=1S/C16H19IN4O6/c17-6-13(22)18-7-14(23)20-12(16(25)19-8-15(24)21-26)10-27-9-11-4-2-1-3-5-11/h1-5,12H,6-10H2,(H,18,22)(H,19,25)(H,20,23). The van der Waals surface area contributed by atoms with Crippen LogP contribution >= 0.6 is 22.6 Å². The van der Waals surface area contributed by atoms with Crippen LogP contribution in [0.2, 0.25) is 0 Å². The van der Waals surface area contributed by atoms with E-state index in [1.807, 2.05) is 52.9 Å². The Kier molecular flexibility index (Phi) is 10.8. The van der Waals surface area contributed by atoms with E-state index >= 15 is 0 Å². The second-order valence-electron chi connectivity index (χ2n) is 5.23. The summed E-state index contributed by atoms with van der Waals surface area (Å²) in [5.74, 6) is -2.69. The van der Waals surface area contributed by atoms with Gasteiger partial charge >= 0.3 is 5.91 Å². The van der Waals surface area contributed by atoms with Crippen molar-refractivity contribution in [2.24, 2.45) is 5.18 Å². The molecule has 0 aliphatic rings. The number of amides is 4. The summed E-state index contributed by atoms with van der Waals surface area (Å²) in [4.78, 5) is 56.2. The third-order valence-electron chi connectivity index (χ3n) is 3.13. The van der Waals surface area contributed by atoms with Crippen molar-refractivity contribution in [1.82, 2.24) is 16.0 Å². The zero-order chi connectivity index (χ0) is 20.1. The summed E-state index contributed by atoms with van der Waals surface area (Å²) >= 11 is 1.85. The summed E-state index contributed by atoms with van der Waals surface area (Å²) in [6.07, 6.45) is 0. The molecule has 0 fully saturated rings. The van der Waals surface area contributed by atoms with Gasteiger partial charge in [-0.2, -0.15) is 0 Å². The molecule has 10 nitrogen and oxygen atoms in total. The monoisotopic (exact) mass is 490 g/mol. The number of ether oxygens (including phenoxy) is 1. The van der Waals surface area contributed by atoms with Crippen molar-refractivity contribution in [3.8, 4) is 0 Å². The fourth-order valence-corrected chi connectivity index (χ4v) is 2.11. The topological polar surface area (TPSA) is 143 Å². The quantitative estimate of drug-likeness (QED) is 0.220. The van der Waals surface area contributed by atoms with E-state index < -0.39 is 30.3 Å². The number of alkyl halides is 1. The number of hydrogen-bond donors (Lipinski definition) is 3. The van der Waals surface area contributed by atoms with E-state index in [0.29, 0.717) is 0 Å². The van der Waals surface area contributed by atoms with Crippen molar-refractivity contribution in [2.75, 3.05) is 24.1 Å². The minimum absolute atomic E-state index is 0.171. The highest BCUT2D eigenvalue weighted by Crippen LogP contribution is 2.01. The lowest BCUT2D eigenvalue weighted by molar-refractivity contribution is -0.131. The predicted molar refractivity (Wildman–Crippen MR) is 104 cm³/mol. The fraction of sp³-hybridized carbons (Fsp3) is 0.375. The molecule has 0 saturated heterocycles. The van der Waals surface area contributed by atoms with Crippen LogP contribution in [0.15, 0.2) is 35.5 Å². The van der Waals surface area contributed by atoms with Crippen molar-refractivity contribution in [1.29, 1.82) is 0 Å². The van der Waals surface area contributed by atoms with Crippen LogP contribution in [-0.4, -0.2) is 53.8 Å². The van der Waals surface area contributed by atoms with Gasteiger partial charge < -0.3 is 20.7 Å². The number of nitroso groups, excluding NO2 is 1. The van der Waals surface area contributed by atoms with Crippen LogP contribution in [0.5, 0.6) is 0 Å². The Morgan fingerprint density at radius 3 is 2.37 bits per heavy atom. The molecule has 0 spiro atoms. The summed E-state index contributed by atoms with van der Waals surface area (Å²) in [5, 5.41) is 9.16. The normalized spacial score (nSPS) is 11.1. The van der Waals surface area contributed by atoms with Gasteiger partial charge in [0.25, 0.3) is 0 Å². The molecule has 0 bridgehead atoms. The molecule has 1 rings (SSSR count). The van der Waals surface area contributed by atoms with Gasteiger partial charge in [0, 0.05) is 5.18 Å². The van der Waals surface area contributed by atoms with Crippen LogP contribution in [0.1, 0.15) is 5.56 Å². The molecule has 27 heavy (non-hydrogen) atoms. The second-order valence-corrected chi connectivity index (χ2v) is 6.00. The van der Waals surface area contributed by atoms with Crippen molar-refractivity contribution < 1.29 is 23.9 Å². The number of rotatable bonds is 11. The van der Waals surface area contributed by atoms with Gasteiger partial charge in [0.05, 0.1) is 24.2 Å². The van der Waals surface area contributed by atoms with E-state index in [1.54, 1.807) is 0 Å². The van der Waals surface area contributed by atoms with Crippen LogP contribution in [0.4, 0.5) is 0 Å². The van der Waals surface area contributed by atoms with Gasteiger partial charge in [-0.15, -0.1) is 4.91 Å². The van der Waals surface area contributed by atoms with E-state index in [-0.39, 0.29) is 30.1 Å². The van der Waals surface area contributed by atoms with Crippen LogP contribution in [0.25, 0.3) is 0 Å². The van der Waals surface area contributed by atoms with Crippen LogP contribution in [0.3, 0.4) is 0 Å². The Morgan fingerprint density at radius 2 is 1.74 bits per heavy atom. The maximum Gasteiger partial charge on any atom is 0.305 e. The number of carbonyl (C=O) groups excluding carboxylic acids is 4. The summed E-state index contributed by atoms with van der Waals surface area (Å²) in [7, 11) is 0. The van der Waals surface area contributed by atoms with E-state index in [9.17, 15) is 24.1 Å². The van der Waals surface area contributed by atoms with Crippen LogP contribution in [-0.2, 0) is 30.5 Å². The molecular weight excluding hydrogens is 471 g/mol. The third-order valence-corrected chi connectivity index (χ3v) is 3.82. The largest absolute Gasteiger partial charge is 0.374 e. The zero-order valence-corrected chi connectivity index (χ0v) is 16.4. The van der Waals surface area contributed by atoms with E-state index in [4.69, 9.17) is 4.74 Å². The van der Waals surface area contributed by atoms with Gasteiger partial charge in [0.2, 0.25) is 17.7 Å². The highest BCUT2D eigenvalue weighted by Gasteiger charge is 2.22. The van der Waals surface area contributed by atoms with E-state index in [1.165, 1.54) is 0 Å². The van der Waals surface area contributed by atoms with Gasteiger partial charge in [0.15, 0.2) is 0 Å². The Balaban J connectivity index is 2.59. The Labute approximate surface area is 168 Å². The van der Waals surface area contributed by atoms with Gasteiger partial charge in [0.1, 0.15) is 12.6 Å². The summed E-state index contributed by atoms with van der Waals surface area (Å²) in [5.41, 5.74) is 0.873. The summed E-state index contributed by atoms with van der Waals surface area (Å²) < 4.78 is 5.64. The Morgan fingerprint density at radius 1 is 1.04 bits per heavy atom. The first-order valence-electron chi connectivity index (χ1n) is 7.83. The maximum atomic E-state index is 12.1. The number of nitrogens with zero attached hydrogens (tertiary/aromatic N) is 1. The van der Waals surface area contributed by atoms with Crippen LogP contribution < -0.4 is 16.0 Å². The Hall–Kier alpha value is -2.41. The predicted octanol–water partition coefficient (Wildman–Crippen LogP) is -0.352. The average molecular weight is 490 g/mol. The first-order valence-corrected chi connectivity index (χ1v) is 9.36. The molecule has 1 unspecified atom stereocenters. The molecule has 1 aromatic rings. The number of carbonyl (C=O) groups is 4. The second kappa shape index (κ2) is 12.9. The van der Waals surface area contributed by atoms with E-state index in [0.717, 1.165) is 5.56 Å². The molecule has 0 heterocycles. The van der Waals surface area contributed by atoms with Crippen molar-refractivity contribution in [3.05, 3.63) is 40.8 Å². The fourth-order valence-electron chi connectivity index (χ4n) is 1.84. The van der Waals surface area contributed by atoms with Crippen LogP contribution in [0, 0.1) is 4.91 Å². The lowest BCUT2D eigenvalue weighted by Gasteiger charge is -2.18. The first kappa shape index (κ1) is 22.6. The molecule has 3 N–H and O–H groups in total. The number of benzene rings is 1. The molecule has 0 aliphatic heterocycles. The summed E-state index contributed by atoms with van der Waals surface area (Å²) in [6, 6.07) is 8.07. The van der Waals surface area contributed by atoms with Crippen molar-refractivity contribution >= 4 is 46.2 Å². The smallest absolute Gasteiger partial charge is 0.305 e. The van der Waals surface area contributed by atoms with Crippen molar-refractivity contribution in [2.45, 2.75) is 12.6 Å². The molecule has 0 aliphatic carbocycles. The Bertz CT molecular complexity index is 670. The van der Waals surface area contributed by atoms with Gasteiger partial charge in [-0.3, -0.25) is 19.2 Å². The maximum absolute atomic E-state index is 12.1. The molecule has 0 saturated carbocycles. The number of nitrogens with one attached hydrogen (secondary N) is 3. The molecule has 0 aromatic heterocycles. The lowest BCUT2D eigenvalue weighted by atomic mass is 10.2. The molecule has 11 heteroatoms. The molecule has 0 radical (unpaired) electrons. The molecule has 146 valence electrons. The van der Waals surface area contributed by atoms with Gasteiger partial charge in [-0.1, -0.05) is 52.9 Å². The highest BCUT2D eigenvalue weighted by atomic mass is 127. The first-order chi connectivity index (χ1) is 13.0. The minimum Gasteiger partial charge on any atom is -0.374 e. The lowest BCUT2D eigenvalue weighted by Crippen LogP contribution is -2.52. The zero-order valence-electron chi connectivity index (χ0n) is 14.3. The molecule has 1 aromatic carbocycles. The number of halogens is 1. The van der Waals surface area contributed by atoms with Gasteiger partial charge in [-0.05, 0) is 5.56 Å². The van der Waals surface area contributed by atoms with E-state index in [2.05, 4.69) is 21.1 Å². The SMILES string of the molecule is O=NC(=O)CNC(=O)C(COCc1ccccc1)NC(=O)CNC(=O)CI. The average Bonchev–Trinajstić information content (AvgIpc) is 2.69. The summed E-state index contributed by atoms with van der Waals surface area (Å²) in [6.45, 7) is -0.853. The third kappa shape index (κ3) is 9.75. The molecule has 4 amide bonds. The number of hydrogen-bond acceptors (Lipinski definition) is 6. The molecular formula is C16H19IN4O6. The minimum atomic E-state index is -1.11. The highest BCUT2D eigenvalue weighted by molar-refractivity contribution is 14.1.